The second-order valence-electron chi connectivity index (χ2n) is 1.58. The summed E-state index contributed by atoms with van der Waals surface area (Å²) in [6.45, 7) is 0. The maximum absolute atomic E-state index is 3.01. The zero-order chi connectivity index (χ0) is 5.82. The van der Waals surface area contributed by atoms with Gasteiger partial charge in [0.25, 0.3) is 0 Å². The van der Waals surface area contributed by atoms with Gasteiger partial charge in [-0.05, 0) is 29.4 Å². The number of hydrogen-bond donors (Lipinski definition) is 0. The minimum absolute atomic E-state index is 1.07. The van der Waals surface area contributed by atoms with Gasteiger partial charge in [-0.25, -0.2) is 0 Å². The summed E-state index contributed by atoms with van der Waals surface area (Å²) in [5, 5.41) is 0. The number of allylic oxidation sites excluding steroid dienone is 3. The van der Waals surface area contributed by atoms with Crippen LogP contribution in [-0.2, 0) is 0 Å². The van der Waals surface area contributed by atoms with Crippen molar-refractivity contribution in [1.29, 1.82) is 0 Å². The summed E-state index contributed by atoms with van der Waals surface area (Å²) in [7, 11) is 0. The van der Waals surface area contributed by atoms with E-state index in [1.165, 1.54) is 4.91 Å². The third-order valence-corrected chi connectivity index (χ3v) is 1.88. The minimum Gasteiger partial charge on any atom is -0.134 e. The van der Waals surface area contributed by atoms with E-state index < -0.39 is 0 Å². The van der Waals surface area contributed by atoms with Crippen LogP contribution in [0.3, 0.4) is 0 Å². The van der Waals surface area contributed by atoms with E-state index in [-0.39, 0.29) is 0 Å². The second kappa shape index (κ2) is 2.81. The smallest absolute Gasteiger partial charge is 0.00390 e. The molecule has 0 aliphatic heterocycles. The Kier molecular flexibility index (Phi) is 2.01. The van der Waals surface area contributed by atoms with Crippen molar-refractivity contribution in [1.82, 2.24) is 0 Å². The third kappa shape index (κ3) is 1.29. The molecule has 0 saturated carbocycles. The van der Waals surface area contributed by atoms with Crippen molar-refractivity contribution in [2.24, 2.45) is 0 Å². The number of hydrogen-bond acceptors (Lipinski definition) is 1. The van der Waals surface area contributed by atoms with Crippen molar-refractivity contribution in [3.8, 4) is 0 Å². The average molecular weight is 124 g/mol. The highest BCUT2D eigenvalue weighted by molar-refractivity contribution is 8.02. The van der Waals surface area contributed by atoms with Crippen molar-refractivity contribution in [3.63, 3.8) is 0 Å². The zero-order valence-electron chi connectivity index (χ0n) is 4.85. The average Bonchev–Trinajstić information content (AvgIpc) is 1.90. The molecular formula is C7H8S. The van der Waals surface area contributed by atoms with Gasteiger partial charge in [0.15, 0.2) is 0 Å². The van der Waals surface area contributed by atoms with Crippen LogP contribution in [0.4, 0.5) is 0 Å². The predicted molar refractivity (Wildman–Crippen MR) is 38.9 cm³/mol. The summed E-state index contributed by atoms with van der Waals surface area (Å²) >= 11 is 1.80. The topological polar surface area (TPSA) is 0 Å². The van der Waals surface area contributed by atoms with Gasteiger partial charge < -0.3 is 0 Å². The largest absolute Gasteiger partial charge is 0.134 e. The first-order valence-electron chi connectivity index (χ1n) is 2.57. The lowest BCUT2D eigenvalue weighted by Crippen LogP contribution is -1.73. The summed E-state index contributed by atoms with van der Waals surface area (Å²) < 4.78 is 0. The maximum Gasteiger partial charge on any atom is 0.00390 e. The van der Waals surface area contributed by atoms with Gasteiger partial charge in [0.2, 0.25) is 0 Å². The molecule has 1 aliphatic carbocycles. The van der Waals surface area contributed by atoms with E-state index in [0.717, 1.165) is 6.42 Å². The Labute approximate surface area is 54.0 Å². The van der Waals surface area contributed by atoms with E-state index in [9.17, 15) is 0 Å². The van der Waals surface area contributed by atoms with Crippen LogP contribution >= 0.6 is 11.8 Å². The quantitative estimate of drug-likeness (QED) is 0.483. The van der Waals surface area contributed by atoms with E-state index in [1.807, 2.05) is 12.2 Å². The molecule has 1 aliphatic rings. The molecule has 0 nitrogen and oxygen atoms in total. The Morgan fingerprint density at radius 1 is 1.75 bits per heavy atom. The Hall–Kier alpha value is -0.390. The first-order chi connectivity index (χ1) is 3.93. The van der Waals surface area contributed by atoms with Crippen molar-refractivity contribution >= 4 is 11.8 Å². The van der Waals surface area contributed by atoms with Gasteiger partial charge in [-0.3, -0.25) is 0 Å². The highest BCUT2D eigenvalue weighted by Gasteiger charge is 1.90. The summed E-state index contributed by atoms with van der Waals surface area (Å²) in [5.41, 5.74) is 3.01. The van der Waals surface area contributed by atoms with Crippen LogP contribution < -0.4 is 0 Å². The van der Waals surface area contributed by atoms with E-state index in [4.69, 9.17) is 0 Å². The fourth-order valence-corrected chi connectivity index (χ4v) is 1.04. The van der Waals surface area contributed by atoms with Gasteiger partial charge >= 0.3 is 0 Å². The van der Waals surface area contributed by atoms with Crippen molar-refractivity contribution < 1.29 is 0 Å². The van der Waals surface area contributed by atoms with Gasteiger partial charge in [-0.15, -0.1) is 17.5 Å². The monoisotopic (exact) mass is 124 g/mol. The van der Waals surface area contributed by atoms with Gasteiger partial charge in [-0.1, -0.05) is 0 Å². The zero-order valence-corrected chi connectivity index (χ0v) is 5.66. The SMILES string of the molecule is CSC1=CC=C=CC1. The Morgan fingerprint density at radius 3 is 3.00 bits per heavy atom. The molecule has 0 unspecified atom stereocenters. The van der Waals surface area contributed by atoms with Gasteiger partial charge in [0.1, 0.15) is 0 Å². The first-order valence-corrected chi connectivity index (χ1v) is 3.80. The molecule has 0 aromatic carbocycles. The lowest BCUT2D eigenvalue weighted by molar-refractivity contribution is 1.35. The highest BCUT2D eigenvalue weighted by Crippen LogP contribution is 2.17. The molecule has 0 N–H and O–H groups in total. The summed E-state index contributed by atoms with van der Waals surface area (Å²) in [6.07, 6.45) is 9.27. The molecule has 1 heteroatoms. The van der Waals surface area contributed by atoms with Crippen molar-refractivity contribution in [2.45, 2.75) is 6.42 Å². The third-order valence-electron chi connectivity index (χ3n) is 1.05. The molecular weight excluding hydrogens is 116 g/mol. The molecule has 0 aromatic rings. The lowest BCUT2D eigenvalue weighted by atomic mass is 10.3. The van der Waals surface area contributed by atoms with Crippen LogP contribution in [0, 0.1) is 0 Å². The van der Waals surface area contributed by atoms with E-state index in [0.29, 0.717) is 0 Å². The fraction of sp³-hybridized carbons (Fsp3) is 0.286. The molecule has 0 heterocycles. The molecule has 0 atom stereocenters. The highest BCUT2D eigenvalue weighted by atomic mass is 32.2. The predicted octanol–water partition coefficient (Wildman–Crippen LogP) is 2.35. The van der Waals surface area contributed by atoms with Crippen LogP contribution in [0.15, 0.2) is 28.9 Å². The molecule has 0 saturated heterocycles. The summed E-state index contributed by atoms with van der Waals surface area (Å²) in [6, 6.07) is 0. The normalized spacial score (nSPS) is 16.4. The van der Waals surface area contributed by atoms with Crippen LogP contribution in [0.2, 0.25) is 0 Å². The number of rotatable bonds is 1. The van der Waals surface area contributed by atoms with E-state index in [2.05, 4.69) is 18.1 Å². The molecule has 0 spiro atoms. The number of thioether (sulfide) groups is 1. The van der Waals surface area contributed by atoms with Crippen LogP contribution in [0.1, 0.15) is 6.42 Å². The van der Waals surface area contributed by atoms with Crippen LogP contribution in [0.5, 0.6) is 0 Å². The lowest BCUT2D eigenvalue weighted by Gasteiger charge is -1.97. The fourth-order valence-electron chi connectivity index (χ4n) is 0.588. The Bertz CT molecular complexity index is 159. The molecule has 8 heavy (non-hydrogen) atoms. The Morgan fingerprint density at radius 2 is 2.62 bits per heavy atom. The van der Waals surface area contributed by atoms with Gasteiger partial charge in [-0.2, -0.15) is 0 Å². The van der Waals surface area contributed by atoms with E-state index in [1.54, 1.807) is 11.8 Å². The van der Waals surface area contributed by atoms with Crippen molar-refractivity contribution in [3.05, 3.63) is 28.9 Å². The minimum atomic E-state index is 1.07. The second-order valence-corrected chi connectivity index (χ2v) is 2.51. The van der Waals surface area contributed by atoms with E-state index >= 15 is 0 Å². The standard InChI is InChI=1S/C7H8S/c1-8-7-5-3-2-4-6-7/h3-5H,6H2,1H3. The van der Waals surface area contributed by atoms with Gasteiger partial charge in [0, 0.05) is 6.42 Å². The Balaban J connectivity index is 2.63. The molecule has 0 bridgehead atoms. The summed E-state index contributed by atoms with van der Waals surface area (Å²) in [4.78, 5) is 1.42. The molecule has 0 aromatic heterocycles. The molecule has 0 fully saturated rings. The molecule has 42 valence electrons. The molecule has 0 radical (unpaired) electrons. The summed E-state index contributed by atoms with van der Waals surface area (Å²) in [5.74, 6) is 0. The molecule has 1 rings (SSSR count). The van der Waals surface area contributed by atoms with Crippen LogP contribution in [-0.4, -0.2) is 6.26 Å². The molecule has 0 amide bonds. The van der Waals surface area contributed by atoms with Gasteiger partial charge in [0.05, 0.1) is 0 Å². The van der Waals surface area contributed by atoms with Crippen molar-refractivity contribution in [2.75, 3.05) is 6.26 Å². The van der Waals surface area contributed by atoms with Crippen LogP contribution in [0.25, 0.3) is 0 Å². The maximum atomic E-state index is 3.01. The first kappa shape index (κ1) is 5.74.